The first-order chi connectivity index (χ1) is 5.36. The highest BCUT2D eigenvalue weighted by atomic mass is 31.0. The summed E-state index contributed by atoms with van der Waals surface area (Å²) in [7, 11) is 4.41. The molecule has 11 heavy (non-hydrogen) atoms. The van der Waals surface area contributed by atoms with Gasteiger partial charge in [0.2, 0.25) is 0 Å². The van der Waals surface area contributed by atoms with E-state index >= 15 is 0 Å². The molecule has 0 bridgehead atoms. The summed E-state index contributed by atoms with van der Waals surface area (Å²) in [6.45, 7) is 0.528. The average Bonchev–Trinajstić information content (AvgIpc) is 2.65. The van der Waals surface area contributed by atoms with Crippen LogP contribution in [0.15, 0.2) is 0 Å². The lowest BCUT2D eigenvalue weighted by Crippen LogP contribution is -2.31. The van der Waals surface area contributed by atoms with Gasteiger partial charge in [-0.2, -0.15) is 0 Å². The molecule has 0 spiro atoms. The monoisotopic (exact) mass is 196 g/mol. The first-order valence-corrected chi connectivity index (χ1v) is 4.29. The Labute approximate surface area is 69.5 Å². The highest BCUT2D eigenvalue weighted by molar-refractivity contribution is 7.10. The van der Waals surface area contributed by atoms with E-state index in [1.807, 2.05) is 0 Å². The van der Waals surface area contributed by atoms with E-state index in [-0.39, 0.29) is 24.6 Å². The lowest BCUT2D eigenvalue weighted by Gasteiger charge is -2.17. The molecule has 0 aliphatic carbocycles. The van der Waals surface area contributed by atoms with Gasteiger partial charge in [-0.05, 0) is 0 Å². The van der Waals surface area contributed by atoms with Crippen LogP contribution in [-0.4, -0.2) is 31.2 Å². The third-order valence-corrected chi connectivity index (χ3v) is 2.41. The molecule has 6 heteroatoms. The topological polar surface area (TPSA) is 40.2 Å². The Balaban J connectivity index is 1.90. The Morgan fingerprint density at radius 2 is 2.09 bits per heavy atom. The summed E-state index contributed by atoms with van der Waals surface area (Å²) in [4.78, 5) is 0. The maximum atomic E-state index is 5.38. The van der Waals surface area contributed by atoms with Crippen molar-refractivity contribution in [1.29, 1.82) is 0 Å². The minimum absolute atomic E-state index is 0.00514. The highest BCUT2D eigenvalue weighted by Crippen LogP contribution is 2.40. The minimum Gasteiger partial charge on any atom is -0.363 e. The van der Waals surface area contributed by atoms with Crippen molar-refractivity contribution in [3.63, 3.8) is 0 Å². The molecule has 0 aromatic carbocycles. The smallest absolute Gasteiger partial charge is 0.187 e. The summed E-state index contributed by atoms with van der Waals surface area (Å²) in [6.07, 6.45) is 0.0858. The summed E-state index contributed by atoms with van der Waals surface area (Å²) in [5.41, 5.74) is 0. The Morgan fingerprint density at radius 1 is 1.27 bits per heavy atom. The van der Waals surface area contributed by atoms with Crippen molar-refractivity contribution in [1.82, 2.24) is 0 Å². The van der Waals surface area contributed by atoms with E-state index in [2.05, 4.69) is 18.9 Å². The van der Waals surface area contributed by atoms with Crippen LogP contribution in [0.2, 0.25) is 0 Å². The molecular weight excluding hydrogens is 186 g/mol. The van der Waals surface area contributed by atoms with Crippen molar-refractivity contribution in [3.8, 4) is 0 Å². The van der Waals surface area contributed by atoms with Gasteiger partial charge >= 0.3 is 0 Å². The van der Waals surface area contributed by atoms with Gasteiger partial charge in [0.25, 0.3) is 0 Å². The summed E-state index contributed by atoms with van der Waals surface area (Å²) in [5.74, 6) is 0. The van der Waals surface area contributed by atoms with Gasteiger partial charge in [-0.3, -0.25) is 0 Å². The normalized spacial score (nSPS) is 47.5. The van der Waals surface area contributed by atoms with Crippen molar-refractivity contribution in [3.05, 3.63) is 0 Å². The van der Waals surface area contributed by atoms with Gasteiger partial charge in [0.1, 0.15) is 18.3 Å². The number of ether oxygens (including phenoxy) is 2. The molecular formula is C5H10O4P2. The Hall–Kier alpha value is 0.700. The van der Waals surface area contributed by atoms with Gasteiger partial charge in [-0.15, -0.1) is 0 Å². The van der Waals surface area contributed by atoms with Crippen LogP contribution >= 0.6 is 18.9 Å². The van der Waals surface area contributed by atoms with Crippen molar-refractivity contribution < 1.29 is 18.5 Å². The second-order valence-electron chi connectivity index (χ2n) is 2.58. The van der Waals surface area contributed by atoms with E-state index in [1.54, 1.807) is 0 Å². The fraction of sp³-hybridized carbons (Fsp3) is 1.00. The SMILES string of the molecule is POC[C@H]1OC2OC2[C@@H]1OP. The molecule has 0 amide bonds. The first-order valence-electron chi connectivity index (χ1n) is 3.35. The van der Waals surface area contributed by atoms with Gasteiger partial charge in [-0.25, -0.2) is 0 Å². The second-order valence-corrected chi connectivity index (χ2v) is 3.18. The second kappa shape index (κ2) is 3.21. The molecule has 2 fully saturated rings. The predicted molar refractivity (Wildman–Crippen MR) is 43.8 cm³/mol. The molecule has 0 aromatic rings. The molecule has 2 aliphatic heterocycles. The number of fused-ring (bicyclic) bond motifs is 1. The lowest BCUT2D eigenvalue weighted by molar-refractivity contribution is -0.0701. The van der Waals surface area contributed by atoms with Crippen LogP contribution in [-0.2, 0) is 18.5 Å². The molecule has 0 N–H and O–H groups in total. The fourth-order valence-electron chi connectivity index (χ4n) is 1.31. The summed E-state index contributed by atoms with van der Waals surface area (Å²) >= 11 is 0. The van der Waals surface area contributed by atoms with E-state index in [0.29, 0.717) is 6.61 Å². The van der Waals surface area contributed by atoms with E-state index in [4.69, 9.17) is 18.5 Å². The van der Waals surface area contributed by atoms with Crippen LogP contribution in [0.25, 0.3) is 0 Å². The zero-order chi connectivity index (χ0) is 7.84. The number of hydrogen-bond acceptors (Lipinski definition) is 4. The molecule has 2 saturated heterocycles. The minimum atomic E-state index is -0.0503. The Kier molecular flexibility index (Phi) is 2.43. The van der Waals surface area contributed by atoms with E-state index in [0.717, 1.165) is 0 Å². The Morgan fingerprint density at radius 3 is 2.73 bits per heavy atom. The highest BCUT2D eigenvalue weighted by Gasteiger charge is 2.57. The third-order valence-electron chi connectivity index (χ3n) is 1.90. The van der Waals surface area contributed by atoms with Crippen molar-refractivity contribution in [2.24, 2.45) is 0 Å². The average molecular weight is 196 g/mol. The zero-order valence-electron chi connectivity index (χ0n) is 5.80. The summed E-state index contributed by atoms with van der Waals surface area (Å²) in [6, 6.07) is 0. The third kappa shape index (κ3) is 1.44. The van der Waals surface area contributed by atoms with Crippen LogP contribution < -0.4 is 0 Å². The van der Waals surface area contributed by atoms with E-state index < -0.39 is 0 Å². The van der Waals surface area contributed by atoms with E-state index in [9.17, 15) is 0 Å². The Bertz CT molecular complexity index is 155. The molecule has 2 aliphatic rings. The maximum absolute atomic E-state index is 5.38. The molecule has 4 nitrogen and oxygen atoms in total. The van der Waals surface area contributed by atoms with Crippen molar-refractivity contribution in [2.75, 3.05) is 6.61 Å². The lowest BCUT2D eigenvalue weighted by atomic mass is 10.2. The molecule has 0 saturated carbocycles. The van der Waals surface area contributed by atoms with Gasteiger partial charge < -0.3 is 18.5 Å². The molecule has 0 radical (unpaired) electrons. The van der Waals surface area contributed by atoms with Gasteiger partial charge in [-0.1, -0.05) is 0 Å². The fourth-order valence-corrected chi connectivity index (χ4v) is 1.83. The molecule has 64 valence electrons. The van der Waals surface area contributed by atoms with Crippen molar-refractivity contribution in [2.45, 2.75) is 24.6 Å². The van der Waals surface area contributed by atoms with Crippen LogP contribution in [0.1, 0.15) is 0 Å². The van der Waals surface area contributed by atoms with Gasteiger partial charge in [0.05, 0.1) is 6.61 Å². The molecule has 4 unspecified atom stereocenters. The van der Waals surface area contributed by atoms with Crippen LogP contribution in [0.5, 0.6) is 0 Å². The van der Waals surface area contributed by atoms with Crippen LogP contribution in [0, 0.1) is 0 Å². The summed E-state index contributed by atoms with van der Waals surface area (Å²) < 4.78 is 20.5. The van der Waals surface area contributed by atoms with Crippen molar-refractivity contribution >= 4 is 18.9 Å². The quantitative estimate of drug-likeness (QED) is 0.473. The van der Waals surface area contributed by atoms with Gasteiger partial charge in [0.15, 0.2) is 6.29 Å². The molecule has 2 heterocycles. The first kappa shape index (κ1) is 8.31. The van der Waals surface area contributed by atoms with E-state index in [1.165, 1.54) is 0 Å². The number of hydrogen-bond donors (Lipinski definition) is 0. The van der Waals surface area contributed by atoms with Crippen LogP contribution in [0.4, 0.5) is 0 Å². The largest absolute Gasteiger partial charge is 0.363 e. The zero-order valence-corrected chi connectivity index (χ0v) is 8.11. The van der Waals surface area contributed by atoms with Crippen LogP contribution in [0.3, 0.4) is 0 Å². The molecule has 2 rings (SSSR count). The summed E-state index contributed by atoms with van der Waals surface area (Å²) in [5, 5.41) is 0. The molecule has 6 atom stereocenters. The maximum Gasteiger partial charge on any atom is 0.187 e. The molecule has 0 aromatic heterocycles. The number of epoxide rings is 1. The number of rotatable bonds is 3. The predicted octanol–water partition coefficient (Wildman–Crippen LogP) is 0.0921. The standard InChI is InChI=1S/C5H10O4P2/c10-6-1-2-3(9-11)4-5(7-2)8-4/h2-5H,1,10-11H2/t2-,3-,4?,5?/m1/s1. The van der Waals surface area contributed by atoms with Gasteiger partial charge in [0, 0.05) is 18.9 Å².